The van der Waals surface area contributed by atoms with Crippen molar-refractivity contribution in [2.75, 3.05) is 27.4 Å². The first-order chi connectivity index (χ1) is 14.6. The molecule has 6 heteroatoms. The van der Waals surface area contributed by atoms with E-state index in [1.807, 2.05) is 0 Å². The van der Waals surface area contributed by atoms with Gasteiger partial charge in [0.2, 0.25) is 0 Å². The Hall–Kier alpha value is -3.02. The van der Waals surface area contributed by atoms with Gasteiger partial charge in [-0.1, -0.05) is 25.7 Å². The summed E-state index contributed by atoms with van der Waals surface area (Å²) in [5.74, 6) is 0.278. The molecule has 0 saturated heterocycles. The number of rotatable bonds is 2. The standard InChI is InChI=1S/C24H28O6/c1-27-23(25)19-11-9-17-15-21(19)22-16-18(10-12-20(22)24(26)28-2)30-14-8-6-4-3-5-7-13-29-17/h9-12,15-16H,3-8,13-14H2,1-2H3. The summed E-state index contributed by atoms with van der Waals surface area (Å²) in [7, 11) is 2.66. The van der Waals surface area contributed by atoms with Gasteiger partial charge in [-0.15, -0.1) is 0 Å². The summed E-state index contributed by atoms with van der Waals surface area (Å²) in [6.07, 6.45) is 6.50. The molecular weight excluding hydrogens is 384 g/mol. The van der Waals surface area contributed by atoms with Gasteiger partial charge in [0, 0.05) is 11.1 Å². The Morgan fingerprint density at radius 1 is 0.667 bits per heavy atom. The normalized spacial score (nSPS) is 14.7. The molecule has 0 unspecified atom stereocenters. The van der Waals surface area contributed by atoms with Gasteiger partial charge < -0.3 is 18.9 Å². The second-order valence-corrected chi connectivity index (χ2v) is 7.22. The molecule has 0 radical (unpaired) electrons. The molecule has 4 bridgehead atoms. The van der Waals surface area contributed by atoms with E-state index < -0.39 is 11.9 Å². The minimum absolute atomic E-state index is 0.341. The molecular formula is C24H28O6. The van der Waals surface area contributed by atoms with Crippen LogP contribution in [-0.4, -0.2) is 39.4 Å². The summed E-state index contributed by atoms with van der Waals surface area (Å²) in [4.78, 5) is 24.8. The van der Waals surface area contributed by atoms with Crippen molar-refractivity contribution in [3.05, 3.63) is 47.5 Å². The molecule has 0 aromatic heterocycles. The third-order valence-electron chi connectivity index (χ3n) is 5.16. The van der Waals surface area contributed by atoms with Gasteiger partial charge >= 0.3 is 11.9 Å². The smallest absolute Gasteiger partial charge is 0.338 e. The predicted octanol–water partition coefficient (Wildman–Crippen LogP) is 5.04. The highest BCUT2D eigenvalue weighted by Crippen LogP contribution is 2.34. The number of ether oxygens (including phenoxy) is 4. The summed E-state index contributed by atoms with van der Waals surface area (Å²) < 4.78 is 21.7. The van der Waals surface area contributed by atoms with Gasteiger partial charge in [0.15, 0.2) is 0 Å². The average molecular weight is 412 g/mol. The molecule has 0 fully saturated rings. The lowest BCUT2D eigenvalue weighted by Crippen LogP contribution is -2.09. The molecule has 3 rings (SSSR count). The summed E-state index contributed by atoms with van der Waals surface area (Å²) in [5, 5.41) is 0. The lowest BCUT2D eigenvalue weighted by Gasteiger charge is -2.16. The molecule has 0 atom stereocenters. The van der Waals surface area contributed by atoms with Crippen LogP contribution in [0.25, 0.3) is 11.1 Å². The fourth-order valence-corrected chi connectivity index (χ4v) is 3.54. The Morgan fingerprint density at radius 3 is 1.47 bits per heavy atom. The van der Waals surface area contributed by atoms with Crippen LogP contribution in [0.15, 0.2) is 36.4 Å². The number of hydrogen-bond donors (Lipinski definition) is 0. The highest BCUT2D eigenvalue weighted by Gasteiger charge is 2.21. The second-order valence-electron chi connectivity index (χ2n) is 7.22. The van der Waals surface area contributed by atoms with E-state index in [0.29, 0.717) is 47.0 Å². The molecule has 6 nitrogen and oxygen atoms in total. The molecule has 0 saturated carbocycles. The Morgan fingerprint density at radius 2 is 1.07 bits per heavy atom. The largest absolute Gasteiger partial charge is 0.494 e. The van der Waals surface area contributed by atoms with Crippen LogP contribution in [0.1, 0.15) is 59.2 Å². The van der Waals surface area contributed by atoms with Crippen LogP contribution in [0.2, 0.25) is 0 Å². The van der Waals surface area contributed by atoms with E-state index in [9.17, 15) is 9.59 Å². The summed E-state index contributed by atoms with van der Waals surface area (Å²) in [5.41, 5.74) is 1.76. The minimum Gasteiger partial charge on any atom is -0.494 e. The number of carbonyl (C=O) groups excluding carboxylic acids is 2. The molecule has 2 aromatic rings. The molecule has 1 aliphatic rings. The highest BCUT2D eigenvalue weighted by molar-refractivity contribution is 6.03. The molecule has 30 heavy (non-hydrogen) atoms. The topological polar surface area (TPSA) is 71.1 Å². The van der Waals surface area contributed by atoms with E-state index in [1.165, 1.54) is 27.1 Å². The van der Waals surface area contributed by atoms with Gasteiger partial charge in [-0.05, 0) is 49.2 Å². The number of benzene rings is 2. The van der Waals surface area contributed by atoms with Crippen LogP contribution in [0.4, 0.5) is 0 Å². The fourth-order valence-electron chi connectivity index (χ4n) is 3.54. The third-order valence-corrected chi connectivity index (χ3v) is 5.16. The van der Waals surface area contributed by atoms with Crippen molar-refractivity contribution < 1.29 is 28.5 Å². The number of esters is 2. The summed E-state index contributed by atoms with van der Waals surface area (Å²) in [6.45, 7) is 1.20. The van der Waals surface area contributed by atoms with E-state index >= 15 is 0 Å². The molecule has 2 aromatic carbocycles. The van der Waals surface area contributed by atoms with E-state index in [4.69, 9.17) is 18.9 Å². The monoisotopic (exact) mass is 412 g/mol. The van der Waals surface area contributed by atoms with Crippen molar-refractivity contribution in [2.24, 2.45) is 0 Å². The number of carbonyl (C=O) groups is 2. The van der Waals surface area contributed by atoms with Crippen LogP contribution in [-0.2, 0) is 9.47 Å². The lowest BCUT2D eigenvalue weighted by atomic mass is 9.94. The van der Waals surface area contributed by atoms with E-state index in [-0.39, 0.29) is 0 Å². The van der Waals surface area contributed by atoms with E-state index in [0.717, 1.165) is 25.7 Å². The first-order valence-electron chi connectivity index (χ1n) is 10.3. The van der Waals surface area contributed by atoms with Crippen molar-refractivity contribution in [2.45, 2.75) is 38.5 Å². The zero-order chi connectivity index (χ0) is 21.3. The number of fused-ring (bicyclic) bond motifs is 5. The highest BCUT2D eigenvalue weighted by atomic mass is 16.5. The molecule has 0 aliphatic carbocycles. The van der Waals surface area contributed by atoms with Crippen LogP contribution in [0.5, 0.6) is 11.5 Å². The zero-order valence-corrected chi connectivity index (χ0v) is 17.6. The Labute approximate surface area is 177 Å². The van der Waals surface area contributed by atoms with Crippen LogP contribution < -0.4 is 9.47 Å². The first-order valence-corrected chi connectivity index (χ1v) is 10.3. The van der Waals surface area contributed by atoms with Gasteiger partial charge in [-0.2, -0.15) is 0 Å². The van der Waals surface area contributed by atoms with E-state index in [1.54, 1.807) is 36.4 Å². The zero-order valence-electron chi connectivity index (χ0n) is 17.6. The third kappa shape index (κ3) is 5.32. The summed E-state index contributed by atoms with van der Waals surface area (Å²) in [6, 6.07) is 10.4. The quantitative estimate of drug-likeness (QED) is 0.644. The van der Waals surface area contributed by atoms with Gasteiger partial charge in [0.1, 0.15) is 11.5 Å². The molecule has 1 heterocycles. The number of methoxy groups -OCH3 is 2. The molecule has 160 valence electrons. The maximum absolute atomic E-state index is 12.4. The van der Waals surface area contributed by atoms with Crippen LogP contribution in [0.3, 0.4) is 0 Å². The Kier molecular flexibility index (Phi) is 7.71. The summed E-state index contributed by atoms with van der Waals surface area (Å²) >= 11 is 0. The van der Waals surface area contributed by atoms with Gasteiger partial charge in [-0.3, -0.25) is 0 Å². The first kappa shape index (κ1) is 21.7. The maximum atomic E-state index is 12.4. The van der Waals surface area contributed by atoms with Crippen molar-refractivity contribution in [1.82, 2.24) is 0 Å². The van der Waals surface area contributed by atoms with E-state index in [2.05, 4.69) is 0 Å². The van der Waals surface area contributed by atoms with Gasteiger partial charge in [0.25, 0.3) is 0 Å². The van der Waals surface area contributed by atoms with Gasteiger partial charge in [-0.25, -0.2) is 9.59 Å². The average Bonchev–Trinajstić information content (AvgIpc) is 2.78. The SMILES string of the molecule is COC(=O)c1ccc2cc1-c1cc(ccc1C(=O)OC)OCCCCCCCCO2. The number of hydrogen-bond acceptors (Lipinski definition) is 6. The van der Waals surface area contributed by atoms with Gasteiger partial charge in [0.05, 0.1) is 38.6 Å². The maximum Gasteiger partial charge on any atom is 0.338 e. The molecule has 1 aliphatic heterocycles. The van der Waals surface area contributed by atoms with Crippen LogP contribution >= 0.6 is 0 Å². The molecule has 0 N–H and O–H groups in total. The Balaban J connectivity index is 2.12. The van der Waals surface area contributed by atoms with Crippen molar-refractivity contribution >= 4 is 11.9 Å². The molecule has 0 amide bonds. The van der Waals surface area contributed by atoms with Crippen LogP contribution in [0, 0.1) is 0 Å². The lowest BCUT2D eigenvalue weighted by molar-refractivity contribution is 0.0590. The minimum atomic E-state index is -0.493. The fraction of sp³-hybridized carbons (Fsp3) is 0.417. The Bertz CT molecular complexity index is 816. The van der Waals surface area contributed by atoms with Crippen molar-refractivity contribution in [3.63, 3.8) is 0 Å². The molecule has 0 spiro atoms. The van der Waals surface area contributed by atoms with Crippen molar-refractivity contribution in [1.29, 1.82) is 0 Å². The van der Waals surface area contributed by atoms with Crippen molar-refractivity contribution in [3.8, 4) is 22.6 Å². The predicted molar refractivity (Wildman–Crippen MR) is 113 cm³/mol. The second kappa shape index (κ2) is 10.7.